The fraction of sp³-hybridized carbons (Fsp3) is 1.00. The Balaban J connectivity index is 0.000000371. The van der Waals surface area contributed by atoms with Crippen LogP contribution in [0.1, 0.15) is 40.0 Å². The summed E-state index contributed by atoms with van der Waals surface area (Å²) in [6.45, 7) is 7.59. The van der Waals surface area contributed by atoms with Gasteiger partial charge in [0.05, 0.1) is 0 Å². The van der Waals surface area contributed by atoms with E-state index in [0.29, 0.717) is 0 Å². The van der Waals surface area contributed by atoms with Gasteiger partial charge in [-0.05, 0) is 32.9 Å². The van der Waals surface area contributed by atoms with E-state index >= 15 is 0 Å². The summed E-state index contributed by atoms with van der Waals surface area (Å²) in [6.07, 6.45) is 4.17. The van der Waals surface area contributed by atoms with Gasteiger partial charge in [0.1, 0.15) is 0 Å². The molecule has 1 nitrogen and oxygen atoms in total. The van der Waals surface area contributed by atoms with Gasteiger partial charge in [-0.3, -0.25) is 0 Å². The molecule has 1 heterocycles. The molecule has 1 aliphatic heterocycles. The number of rotatable bonds is 1. The van der Waals surface area contributed by atoms with Gasteiger partial charge in [0.15, 0.2) is 0 Å². The van der Waals surface area contributed by atoms with Gasteiger partial charge < -0.3 is 4.90 Å². The molecule has 1 heteroatoms. The minimum absolute atomic E-state index is 0.898. The zero-order chi connectivity index (χ0) is 7.98. The average molecular weight is 143 g/mol. The first-order valence-corrected chi connectivity index (χ1v) is 4.55. The van der Waals surface area contributed by atoms with E-state index < -0.39 is 0 Å². The largest absolute Gasteiger partial charge is 0.303 e. The molecular weight excluding hydrogens is 122 g/mol. The van der Waals surface area contributed by atoms with Crippen LogP contribution in [-0.2, 0) is 0 Å². The number of hydrogen-bond donors (Lipinski definition) is 0. The predicted octanol–water partition coefficient (Wildman–Crippen LogP) is 2.52. The molecule has 0 aromatic rings. The Bertz CT molecular complexity index is 71.1. The Morgan fingerprint density at radius 3 is 2.20 bits per heavy atom. The topological polar surface area (TPSA) is 3.24 Å². The minimum atomic E-state index is 0.898. The fourth-order valence-electron chi connectivity index (χ4n) is 1.50. The molecule has 0 aromatic carbocycles. The second-order valence-corrected chi connectivity index (χ2v) is 2.68. The summed E-state index contributed by atoms with van der Waals surface area (Å²) in [7, 11) is 2.22. The van der Waals surface area contributed by atoms with Gasteiger partial charge in [-0.15, -0.1) is 0 Å². The highest BCUT2D eigenvalue weighted by Crippen LogP contribution is 2.16. The molecule has 1 aliphatic rings. The highest BCUT2D eigenvalue weighted by atomic mass is 15.1. The molecule has 0 amide bonds. The molecule has 0 aromatic heterocycles. The van der Waals surface area contributed by atoms with Crippen molar-refractivity contribution in [1.82, 2.24) is 4.90 Å². The van der Waals surface area contributed by atoms with Crippen LogP contribution in [0.25, 0.3) is 0 Å². The summed E-state index contributed by atoms with van der Waals surface area (Å²) >= 11 is 0. The lowest BCUT2D eigenvalue weighted by molar-refractivity contribution is 0.304. The first-order valence-electron chi connectivity index (χ1n) is 4.55. The van der Waals surface area contributed by atoms with E-state index in [4.69, 9.17) is 0 Å². The van der Waals surface area contributed by atoms with Crippen LogP contribution < -0.4 is 0 Å². The molecule has 1 atom stereocenters. The summed E-state index contributed by atoms with van der Waals surface area (Å²) in [5.41, 5.74) is 0. The molecule has 0 aliphatic carbocycles. The van der Waals surface area contributed by atoms with Crippen LogP contribution >= 0.6 is 0 Å². The molecule has 0 saturated carbocycles. The van der Waals surface area contributed by atoms with Crippen molar-refractivity contribution >= 4 is 0 Å². The second kappa shape index (κ2) is 5.72. The van der Waals surface area contributed by atoms with E-state index in [1.165, 1.54) is 25.8 Å². The Kier molecular flexibility index (Phi) is 5.70. The number of nitrogens with zero attached hydrogens (tertiary/aromatic N) is 1. The van der Waals surface area contributed by atoms with E-state index in [1.807, 2.05) is 13.8 Å². The molecule has 0 radical (unpaired) electrons. The highest BCUT2D eigenvalue weighted by Gasteiger charge is 2.17. The lowest BCUT2D eigenvalue weighted by Crippen LogP contribution is -2.23. The number of hydrogen-bond acceptors (Lipinski definition) is 1. The first-order chi connectivity index (χ1) is 4.84. The van der Waals surface area contributed by atoms with Crippen LogP contribution in [0.3, 0.4) is 0 Å². The van der Waals surface area contributed by atoms with Crippen LogP contribution in [0, 0.1) is 0 Å². The van der Waals surface area contributed by atoms with Crippen molar-refractivity contribution in [3.63, 3.8) is 0 Å². The van der Waals surface area contributed by atoms with Crippen molar-refractivity contribution in [3.8, 4) is 0 Å². The lowest BCUT2D eigenvalue weighted by atomic mass is 10.2. The maximum atomic E-state index is 2.46. The smallest absolute Gasteiger partial charge is 0.00900 e. The Morgan fingerprint density at radius 2 is 2.00 bits per heavy atom. The van der Waals surface area contributed by atoms with Gasteiger partial charge in [0.25, 0.3) is 0 Å². The molecule has 1 rings (SSSR count). The van der Waals surface area contributed by atoms with Crippen LogP contribution in [0.15, 0.2) is 0 Å². The van der Waals surface area contributed by atoms with Gasteiger partial charge in [0, 0.05) is 6.04 Å². The summed E-state index contributed by atoms with van der Waals surface area (Å²) in [6, 6.07) is 0.898. The Morgan fingerprint density at radius 1 is 1.40 bits per heavy atom. The SMILES string of the molecule is CC.CC[C@H]1CCCN1C. The molecular formula is C9H21N. The summed E-state index contributed by atoms with van der Waals surface area (Å²) in [5, 5.41) is 0. The maximum Gasteiger partial charge on any atom is 0.00900 e. The molecule has 62 valence electrons. The van der Waals surface area contributed by atoms with Crippen LogP contribution in [0.4, 0.5) is 0 Å². The van der Waals surface area contributed by atoms with Crippen molar-refractivity contribution in [2.45, 2.75) is 46.1 Å². The van der Waals surface area contributed by atoms with E-state index in [-0.39, 0.29) is 0 Å². The molecule has 0 bridgehead atoms. The monoisotopic (exact) mass is 143 g/mol. The standard InChI is InChI=1S/C7H15N.C2H6/c1-3-7-5-4-6-8(7)2;1-2/h7H,3-6H2,1-2H3;1-2H3/t7-;/m0./s1. The third-order valence-electron chi connectivity index (χ3n) is 2.14. The van der Waals surface area contributed by atoms with Crippen LogP contribution in [-0.4, -0.2) is 24.5 Å². The van der Waals surface area contributed by atoms with E-state index in [2.05, 4.69) is 18.9 Å². The maximum absolute atomic E-state index is 2.46. The zero-order valence-corrected chi connectivity index (χ0v) is 7.85. The first kappa shape index (κ1) is 9.96. The lowest BCUT2D eigenvalue weighted by Gasteiger charge is -2.16. The van der Waals surface area contributed by atoms with Gasteiger partial charge in [0.2, 0.25) is 0 Å². The zero-order valence-electron chi connectivity index (χ0n) is 7.85. The van der Waals surface area contributed by atoms with E-state index in [1.54, 1.807) is 0 Å². The van der Waals surface area contributed by atoms with E-state index in [9.17, 15) is 0 Å². The van der Waals surface area contributed by atoms with Gasteiger partial charge >= 0.3 is 0 Å². The molecule has 10 heavy (non-hydrogen) atoms. The van der Waals surface area contributed by atoms with Gasteiger partial charge in [-0.2, -0.15) is 0 Å². The molecule has 0 unspecified atom stereocenters. The normalized spacial score (nSPS) is 25.8. The summed E-state index contributed by atoms with van der Waals surface area (Å²) < 4.78 is 0. The summed E-state index contributed by atoms with van der Waals surface area (Å²) in [5.74, 6) is 0. The van der Waals surface area contributed by atoms with Crippen LogP contribution in [0.2, 0.25) is 0 Å². The molecule has 1 fully saturated rings. The van der Waals surface area contributed by atoms with Crippen molar-refractivity contribution < 1.29 is 0 Å². The third-order valence-corrected chi connectivity index (χ3v) is 2.14. The van der Waals surface area contributed by atoms with Crippen LogP contribution in [0.5, 0.6) is 0 Å². The van der Waals surface area contributed by atoms with E-state index in [0.717, 1.165) is 6.04 Å². The third kappa shape index (κ3) is 2.70. The molecule has 0 spiro atoms. The molecule has 0 N–H and O–H groups in total. The average Bonchev–Trinajstić information content (AvgIpc) is 2.39. The summed E-state index contributed by atoms with van der Waals surface area (Å²) in [4.78, 5) is 2.46. The fourth-order valence-corrected chi connectivity index (χ4v) is 1.50. The van der Waals surface area contributed by atoms with Gasteiger partial charge in [-0.1, -0.05) is 20.8 Å². The van der Waals surface area contributed by atoms with Gasteiger partial charge in [-0.25, -0.2) is 0 Å². The quantitative estimate of drug-likeness (QED) is 0.545. The van der Waals surface area contributed by atoms with Crippen molar-refractivity contribution in [3.05, 3.63) is 0 Å². The van der Waals surface area contributed by atoms with Crippen molar-refractivity contribution in [2.24, 2.45) is 0 Å². The van der Waals surface area contributed by atoms with Crippen molar-refractivity contribution in [1.29, 1.82) is 0 Å². The second-order valence-electron chi connectivity index (χ2n) is 2.68. The Hall–Kier alpha value is -0.0400. The predicted molar refractivity (Wildman–Crippen MR) is 47.3 cm³/mol. The molecule has 1 saturated heterocycles. The highest BCUT2D eigenvalue weighted by molar-refractivity contribution is 4.73. The Labute approximate surface area is 65.4 Å². The number of likely N-dealkylation sites (tertiary alicyclic amines) is 1. The minimum Gasteiger partial charge on any atom is -0.303 e. The van der Waals surface area contributed by atoms with Crippen molar-refractivity contribution in [2.75, 3.05) is 13.6 Å².